The van der Waals surface area contributed by atoms with Gasteiger partial charge in [-0.25, -0.2) is 0 Å². The molecule has 1 heterocycles. The van der Waals surface area contributed by atoms with E-state index < -0.39 is 0 Å². The molecule has 0 atom stereocenters. The Labute approximate surface area is 158 Å². The molecule has 138 valence electrons. The van der Waals surface area contributed by atoms with Gasteiger partial charge in [0.2, 0.25) is 0 Å². The van der Waals surface area contributed by atoms with Crippen LogP contribution < -0.4 is 14.4 Å². The second-order valence-corrected chi connectivity index (χ2v) is 5.78. The van der Waals surface area contributed by atoms with Crippen molar-refractivity contribution >= 4 is 17.7 Å². The molecule has 3 rings (SSSR count). The van der Waals surface area contributed by atoms with Crippen LogP contribution in [-0.4, -0.2) is 20.1 Å². The van der Waals surface area contributed by atoms with Gasteiger partial charge >= 0.3 is 0 Å². The van der Waals surface area contributed by atoms with Crippen LogP contribution in [0.4, 0.5) is 5.69 Å². The molecular formula is C22H21NO4. The van der Waals surface area contributed by atoms with E-state index in [0.717, 1.165) is 11.3 Å². The zero-order chi connectivity index (χ0) is 19.1. The first-order chi connectivity index (χ1) is 13.2. The van der Waals surface area contributed by atoms with Gasteiger partial charge in [0.1, 0.15) is 17.3 Å². The molecule has 0 bridgehead atoms. The Morgan fingerprint density at radius 3 is 2.52 bits per heavy atom. The largest absolute Gasteiger partial charge is 0.497 e. The van der Waals surface area contributed by atoms with Crippen LogP contribution in [0, 0.1) is 0 Å². The second kappa shape index (κ2) is 8.76. The van der Waals surface area contributed by atoms with Gasteiger partial charge in [0.25, 0.3) is 5.91 Å². The number of anilines is 1. The molecule has 27 heavy (non-hydrogen) atoms. The fraction of sp³-hybridized carbons (Fsp3) is 0.136. The smallest absolute Gasteiger partial charge is 0.251 e. The predicted octanol–water partition coefficient (Wildman–Crippen LogP) is 4.54. The van der Waals surface area contributed by atoms with Crippen LogP contribution in [-0.2, 0) is 11.3 Å². The molecule has 0 aliphatic carbocycles. The van der Waals surface area contributed by atoms with Gasteiger partial charge in [0.15, 0.2) is 0 Å². The van der Waals surface area contributed by atoms with E-state index in [1.165, 1.54) is 6.08 Å². The first-order valence-electron chi connectivity index (χ1n) is 8.50. The van der Waals surface area contributed by atoms with E-state index in [1.807, 2.05) is 48.5 Å². The molecule has 0 aliphatic rings. The Morgan fingerprint density at radius 1 is 1.04 bits per heavy atom. The number of amides is 1. The molecule has 0 aliphatic heterocycles. The van der Waals surface area contributed by atoms with Crippen molar-refractivity contribution in [2.24, 2.45) is 0 Å². The lowest BCUT2D eigenvalue weighted by Gasteiger charge is -2.20. The highest BCUT2D eigenvalue weighted by Crippen LogP contribution is 2.25. The molecule has 0 N–H and O–H groups in total. The van der Waals surface area contributed by atoms with E-state index in [-0.39, 0.29) is 5.91 Å². The minimum Gasteiger partial charge on any atom is -0.497 e. The molecule has 1 amide bonds. The zero-order valence-electron chi connectivity index (χ0n) is 15.3. The van der Waals surface area contributed by atoms with Crippen molar-refractivity contribution in [1.82, 2.24) is 0 Å². The number of ether oxygens (including phenoxy) is 2. The van der Waals surface area contributed by atoms with Crippen molar-refractivity contribution in [2.45, 2.75) is 6.54 Å². The lowest BCUT2D eigenvalue weighted by atomic mass is 10.1. The molecule has 5 nitrogen and oxygen atoms in total. The van der Waals surface area contributed by atoms with Gasteiger partial charge in [-0.05, 0) is 48.5 Å². The number of furan rings is 1. The van der Waals surface area contributed by atoms with Crippen LogP contribution in [0.5, 0.6) is 11.5 Å². The number of benzene rings is 2. The molecular weight excluding hydrogens is 342 g/mol. The minimum atomic E-state index is -0.164. The van der Waals surface area contributed by atoms with E-state index in [2.05, 4.69) is 0 Å². The summed E-state index contributed by atoms with van der Waals surface area (Å²) in [6.07, 6.45) is 4.84. The molecule has 1 aromatic heterocycles. The van der Waals surface area contributed by atoms with Gasteiger partial charge in [-0.3, -0.25) is 4.79 Å². The summed E-state index contributed by atoms with van der Waals surface area (Å²) in [6, 6.07) is 18.6. The van der Waals surface area contributed by atoms with Crippen LogP contribution in [0.2, 0.25) is 0 Å². The Morgan fingerprint density at radius 2 is 1.85 bits per heavy atom. The van der Waals surface area contributed by atoms with Gasteiger partial charge in [-0.2, -0.15) is 0 Å². The van der Waals surface area contributed by atoms with Crippen molar-refractivity contribution < 1.29 is 18.7 Å². The normalized spacial score (nSPS) is 10.7. The first-order valence-corrected chi connectivity index (χ1v) is 8.50. The maximum Gasteiger partial charge on any atom is 0.251 e. The van der Waals surface area contributed by atoms with Gasteiger partial charge in [0, 0.05) is 17.3 Å². The van der Waals surface area contributed by atoms with Crippen molar-refractivity contribution in [1.29, 1.82) is 0 Å². The number of methoxy groups -OCH3 is 2. The summed E-state index contributed by atoms with van der Waals surface area (Å²) >= 11 is 0. The average molecular weight is 363 g/mol. The first kappa shape index (κ1) is 18.3. The zero-order valence-corrected chi connectivity index (χ0v) is 15.3. The molecule has 0 saturated carbocycles. The molecule has 3 aromatic rings. The lowest BCUT2D eigenvalue weighted by Crippen LogP contribution is -2.28. The third kappa shape index (κ3) is 4.58. The molecule has 0 unspecified atom stereocenters. The number of hydrogen-bond acceptors (Lipinski definition) is 4. The van der Waals surface area contributed by atoms with E-state index in [0.29, 0.717) is 23.8 Å². The van der Waals surface area contributed by atoms with Crippen molar-refractivity contribution in [2.75, 3.05) is 19.1 Å². The SMILES string of the molecule is COc1ccc(OC)c(/C=C/C(=O)N(Cc2ccco2)c2ccccc2)c1. The topological polar surface area (TPSA) is 51.9 Å². The van der Waals surface area contributed by atoms with Crippen molar-refractivity contribution in [3.05, 3.63) is 84.3 Å². The summed E-state index contributed by atoms with van der Waals surface area (Å²) in [6.45, 7) is 0.343. The molecule has 0 spiro atoms. The maximum atomic E-state index is 12.9. The summed E-state index contributed by atoms with van der Waals surface area (Å²) in [5.74, 6) is 1.90. The van der Waals surface area contributed by atoms with Crippen LogP contribution in [0.1, 0.15) is 11.3 Å². The molecule has 0 saturated heterocycles. The fourth-order valence-corrected chi connectivity index (χ4v) is 2.68. The number of para-hydroxylation sites is 1. The van der Waals surface area contributed by atoms with Crippen LogP contribution in [0.3, 0.4) is 0 Å². The minimum absolute atomic E-state index is 0.164. The highest BCUT2D eigenvalue weighted by Gasteiger charge is 2.15. The number of rotatable bonds is 7. The summed E-state index contributed by atoms with van der Waals surface area (Å²) in [7, 11) is 3.19. The van der Waals surface area contributed by atoms with Crippen molar-refractivity contribution in [3.63, 3.8) is 0 Å². The lowest BCUT2D eigenvalue weighted by molar-refractivity contribution is -0.114. The Balaban J connectivity index is 1.87. The summed E-state index contributed by atoms with van der Waals surface area (Å²) in [4.78, 5) is 14.6. The van der Waals surface area contributed by atoms with Gasteiger partial charge in [-0.15, -0.1) is 0 Å². The third-order valence-electron chi connectivity index (χ3n) is 4.07. The van der Waals surface area contributed by atoms with E-state index in [9.17, 15) is 4.79 Å². The van der Waals surface area contributed by atoms with Crippen molar-refractivity contribution in [3.8, 4) is 11.5 Å². The van der Waals surface area contributed by atoms with E-state index >= 15 is 0 Å². The monoisotopic (exact) mass is 363 g/mol. The highest BCUT2D eigenvalue weighted by molar-refractivity contribution is 6.03. The number of carbonyl (C=O) groups excluding carboxylic acids is 1. The number of hydrogen-bond donors (Lipinski definition) is 0. The Bertz CT molecular complexity index is 901. The van der Waals surface area contributed by atoms with Crippen LogP contribution >= 0.6 is 0 Å². The standard InChI is InChI=1S/C22H21NO4/c1-25-19-11-12-21(26-2)17(15-19)10-13-22(24)23(16-20-9-6-14-27-20)18-7-4-3-5-8-18/h3-15H,16H2,1-2H3/b13-10+. The average Bonchev–Trinajstić information content (AvgIpc) is 3.24. The Hall–Kier alpha value is -3.47. The molecule has 0 radical (unpaired) electrons. The van der Waals surface area contributed by atoms with Gasteiger partial charge in [0.05, 0.1) is 27.0 Å². The predicted molar refractivity (Wildman–Crippen MR) is 105 cm³/mol. The van der Waals surface area contributed by atoms with Crippen LogP contribution in [0.25, 0.3) is 6.08 Å². The van der Waals surface area contributed by atoms with Gasteiger partial charge < -0.3 is 18.8 Å². The quantitative estimate of drug-likeness (QED) is 0.578. The summed E-state index contributed by atoms with van der Waals surface area (Å²) < 4.78 is 16.0. The van der Waals surface area contributed by atoms with E-state index in [1.54, 1.807) is 43.6 Å². The van der Waals surface area contributed by atoms with E-state index in [4.69, 9.17) is 13.9 Å². The fourth-order valence-electron chi connectivity index (χ4n) is 2.68. The molecule has 5 heteroatoms. The Kier molecular flexibility index (Phi) is 5.94. The summed E-state index contributed by atoms with van der Waals surface area (Å²) in [5.41, 5.74) is 1.55. The molecule has 2 aromatic carbocycles. The number of nitrogens with zero attached hydrogens (tertiary/aromatic N) is 1. The highest BCUT2D eigenvalue weighted by atomic mass is 16.5. The van der Waals surface area contributed by atoms with Gasteiger partial charge in [-0.1, -0.05) is 18.2 Å². The third-order valence-corrected chi connectivity index (χ3v) is 4.07. The molecule has 0 fully saturated rings. The number of carbonyl (C=O) groups is 1. The second-order valence-electron chi connectivity index (χ2n) is 5.78. The van der Waals surface area contributed by atoms with Crippen LogP contribution in [0.15, 0.2) is 77.4 Å². The maximum absolute atomic E-state index is 12.9. The summed E-state index contributed by atoms with van der Waals surface area (Å²) in [5, 5.41) is 0.